The van der Waals surface area contributed by atoms with Crippen LogP contribution in [0.2, 0.25) is 0 Å². The van der Waals surface area contributed by atoms with Crippen LogP contribution in [-0.2, 0) is 6.61 Å². The van der Waals surface area contributed by atoms with Crippen molar-refractivity contribution in [2.75, 3.05) is 0 Å². The molecule has 0 saturated carbocycles. The van der Waals surface area contributed by atoms with E-state index < -0.39 is 6.10 Å². The van der Waals surface area contributed by atoms with Crippen LogP contribution in [0.3, 0.4) is 0 Å². The lowest BCUT2D eigenvalue weighted by molar-refractivity contribution is 0.180. The second kappa shape index (κ2) is 7.65. The molecule has 1 atom stereocenters. The fourth-order valence-corrected chi connectivity index (χ4v) is 3.43. The van der Waals surface area contributed by atoms with E-state index in [4.69, 9.17) is 4.74 Å². The van der Waals surface area contributed by atoms with Gasteiger partial charge >= 0.3 is 0 Å². The van der Waals surface area contributed by atoms with E-state index in [1.165, 1.54) is 0 Å². The van der Waals surface area contributed by atoms with Gasteiger partial charge in [0.25, 0.3) is 0 Å². The molecule has 0 amide bonds. The average Bonchev–Trinajstić information content (AvgIpc) is 2.62. The van der Waals surface area contributed by atoms with E-state index in [2.05, 4.69) is 22.5 Å². The topological polar surface area (TPSA) is 29.5 Å². The van der Waals surface area contributed by atoms with E-state index in [0.717, 1.165) is 32.1 Å². The van der Waals surface area contributed by atoms with Crippen LogP contribution >= 0.6 is 15.9 Å². The van der Waals surface area contributed by atoms with Gasteiger partial charge in [0.05, 0.1) is 6.10 Å². The molecule has 122 valence electrons. The summed E-state index contributed by atoms with van der Waals surface area (Å²) in [7, 11) is 0. The summed E-state index contributed by atoms with van der Waals surface area (Å²) in [6.45, 7) is 4.20. The van der Waals surface area contributed by atoms with Crippen LogP contribution in [0.1, 0.15) is 23.7 Å². The minimum absolute atomic E-state index is 0.490. The SMILES string of the molecule is C=CCC(O)c1cc(OCc2ccccc2)c2ccccc2c1Br. The van der Waals surface area contributed by atoms with Gasteiger partial charge in [-0.3, -0.25) is 0 Å². The number of hydrogen-bond donors (Lipinski definition) is 1. The maximum atomic E-state index is 10.4. The van der Waals surface area contributed by atoms with Gasteiger partial charge in [0.15, 0.2) is 0 Å². The molecule has 3 aromatic rings. The highest BCUT2D eigenvalue weighted by Gasteiger charge is 2.16. The van der Waals surface area contributed by atoms with E-state index in [9.17, 15) is 5.11 Å². The van der Waals surface area contributed by atoms with E-state index in [-0.39, 0.29) is 0 Å². The molecule has 0 bridgehead atoms. The summed E-state index contributed by atoms with van der Waals surface area (Å²) >= 11 is 3.63. The first-order valence-corrected chi connectivity index (χ1v) is 8.67. The number of aliphatic hydroxyl groups excluding tert-OH is 1. The summed E-state index contributed by atoms with van der Waals surface area (Å²) in [6.07, 6.45) is 1.60. The third-order valence-corrected chi connectivity index (χ3v) is 4.84. The number of rotatable bonds is 6. The van der Waals surface area contributed by atoms with E-state index >= 15 is 0 Å². The second-order valence-corrected chi connectivity index (χ2v) is 6.43. The van der Waals surface area contributed by atoms with Crippen LogP contribution < -0.4 is 4.74 Å². The molecule has 0 aliphatic rings. The van der Waals surface area contributed by atoms with Crippen LogP contribution in [0.4, 0.5) is 0 Å². The van der Waals surface area contributed by atoms with Gasteiger partial charge in [-0.25, -0.2) is 0 Å². The number of aliphatic hydroxyl groups is 1. The van der Waals surface area contributed by atoms with Gasteiger partial charge in [0.1, 0.15) is 12.4 Å². The lowest BCUT2D eigenvalue weighted by atomic mass is 10.0. The first kappa shape index (κ1) is 16.7. The Labute approximate surface area is 150 Å². The number of halogens is 1. The van der Waals surface area contributed by atoms with Gasteiger partial charge in [-0.15, -0.1) is 6.58 Å². The van der Waals surface area contributed by atoms with Crippen LogP contribution in [0.5, 0.6) is 5.75 Å². The highest BCUT2D eigenvalue weighted by molar-refractivity contribution is 9.10. The number of benzene rings is 3. The molecular weight excluding hydrogens is 364 g/mol. The fraction of sp³-hybridized carbons (Fsp3) is 0.143. The number of hydrogen-bond acceptors (Lipinski definition) is 2. The maximum Gasteiger partial charge on any atom is 0.128 e. The van der Waals surface area contributed by atoms with Gasteiger partial charge in [0, 0.05) is 9.86 Å². The molecule has 0 aliphatic carbocycles. The third kappa shape index (κ3) is 3.53. The minimum atomic E-state index is -0.611. The molecule has 1 unspecified atom stereocenters. The fourth-order valence-electron chi connectivity index (χ4n) is 2.71. The monoisotopic (exact) mass is 382 g/mol. The predicted octanol–water partition coefficient (Wildman–Crippen LogP) is 5.79. The Hall–Kier alpha value is -2.10. The van der Waals surface area contributed by atoms with Gasteiger partial charge < -0.3 is 9.84 Å². The third-order valence-electron chi connectivity index (χ3n) is 3.96. The molecular formula is C21H19BrO2. The van der Waals surface area contributed by atoms with Crippen molar-refractivity contribution in [2.45, 2.75) is 19.1 Å². The highest BCUT2D eigenvalue weighted by atomic mass is 79.9. The lowest BCUT2D eigenvalue weighted by Gasteiger charge is -2.17. The molecule has 0 aliphatic heterocycles. The Bertz CT molecular complexity index is 843. The standard InChI is InChI=1S/C21H19BrO2/c1-2-8-19(23)18-13-20(24-14-15-9-4-3-5-10-15)16-11-6-7-12-17(16)21(18)22/h2-7,9-13,19,23H,1,8,14H2. The molecule has 0 saturated heterocycles. The van der Waals surface area contributed by atoms with Crippen molar-refractivity contribution in [3.05, 3.63) is 88.9 Å². The molecule has 3 heteroatoms. The molecule has 3 rings (SSSR count). The van der Waals surface area contributed by atoms with Crippen molar-refractivity contribution < 1.29 is 9.84 Å². The van der Waals surface area contributed by atoms with Crippen molar-refractivity contribution in [2.24, 2.45) is 0 Å². The van der Waals surface area contributed by atoms with E-state index in [0.29, 0.717) is 13.0 Å². The highest BCUT2D eigenvalue weighted by Crippen LogP contribution is 2.38. The summed E-state index contributed by atoms with van der Waals surface area (Å²) in [5.41, 5.74) is 1.93. The van der Waals surface area contributed by atoms with Gasteiger partial charge in [0.2, 0.25) is 0 Å². The summed E-state index contributed by atoms with van der Waals surface area (Å²) in [4.78, 5) is 0. The molecule has 3 aromatic carbocycles. The Morgan fingerprint density at radius 1 is 1.04 bits per heavy atom. The summed E-state index contributed by atoms with van der Waals surface area (Å²) in [5.74, 6) is 0.774. The van der Waals surface area contributed by atoms with E-state index in [1.54, 1.807) is 6.08 Å². The van der Waals surface area contributed by atoms with Gasteiger partial charge in [-0.1, -0.05) is 60.7 Å². The Morgan fingerprint density at radius 2 is 1.71 bits per heavy atom. The number of ether oxygens (including phenoxy) is 1. The van der Waals surface area contributed by atoms with Crippen LogP contribution in [0.25, 0.3) is 10.8 Å². The normalized spacial score (nSPS) is 12.1. The van der Waals surface area contributed by atoms with Crippen molar-refractivity contribution in [1.29, 1.82) is 0 Å². The number of fused-ring (bicyclic) bond motifs is 1. The van der Waals surface area contributed by atoms with Gasteiger partial charge in [-0.2, -0.15) is 0 Å². The maximum absolute atomic E-state index is 10.4. The summed E-state index contributed by atoms with van der Waals surface area (Å²) in [6, 6.07) is 20.0. The van der Waals surface area contributed by atoms with Crippen molar-refractivity contribution in [3.63, 3.8) is 0 Å². The quantitative estimate of drug-likeness (QED) is 0.546. The zero-order valence-electron chi connectivity index (χ0n) is 13.3. The Morgan fingerprint density at radius 3 is 2.42 bits per heavy atom. The van der Waals surface area contributed by atoms with Crippen molar-refractivity contribution >= 4 is 26.7 Å². The summed E-state index contributed by atoms with van der Waals surface area (Å²) in [5, 5.41) is 12.5. The predicted molar refractivity (Wildman–Crippen MR) is 102 cm³/mol. The molecule has 1 N–H and O–H groups in total. The molecule has 0 radical (unpaired) electrons. The Kier molecular flexibility index (Phi) is 5.34. The van der Waals surface area contributed by atoms with Gasteiger partial charge in [-0.05, 0) is 44.9 Å². The first-order chi connectivity index (χ1) is 11.7. The molecule has 24 heavy (non-hydrogen) atoms. The molecule has 0 spiro atoms. The first-order valence-electron chi connectivity index (χ1n) is 7.87. The van der Waals surface area contributed by atoms with Crippen molar-refractivity contribution in [1.82, 2.24) is 0 Å². The molecule has 0 aromatic heterocycles. The zero-order chi connectivity index (χ0) is 16.9. The van der Waals surface area contributed by atoms with Crippen molar-refractivity contribution in [3.8, 4) is 5.75 Å². The Balaban J connectivity index is 2.02. The molecule has 0 heterocycles. The lowest BCUT2D eigenvalue weighted by Crippen LogP contribution is -2.01. The van der Waals surface area contributed by atoms with E-state index in [1.807, 2.05) is 60.7 Å². The molecule has 2 nitrogen and oxygen atoms in total. The molecule has 0 fully saturated rings. The second-order valence-electron chi connectivity index (χ2n) is 5.64. The largest absolute Gasteiger partial charge is 0.488 e. The summed E-state index contributed by atoms with van der Waals surface area (Å²) < 4.78 is 6.97. The van der Waals surface area contributed by atoms with Crippen LogP contribution in [0, 0.1) is 0 Å². The van der Waals surface area contributed by atoms with Crippen LogP contribution in [-0.4, -0.2) is 5.11 Å². The van der Waals surface area contributed by atoms with Crippen LogP contribution in [0.15, 0.2) is 77.8 Å². The smallest absolute Gasteiger partial charge is 0.128 e. The average molecular weight is 383 g/mol. The zero-order valence-corrected chi connectivity index (χ0v) is 14.9. The minimum Gasteiger partial charge on any atom is -0.488 e.